The van der Waals surface area contributed by atoms with E-state index in [0.717, 1.165) is 36.5 Å². The van der Waals surface area contributed by atoms with E-state index in [-0.39, 0.29) is 12.0 Å². The highest BCUT2D eigenvalue weighted by Gasteiger charge is 2.18. The van der Waals surface area contributed by atoms with E-state index < -0.39 is 0 Å². The van der Waals surface area contributed by atoms with Crippen LogP contribution in [-0.2, 0) is 6.54 Å². The first-order valence-electron chi connectivity index (χ1n) is 7.32. The molecule has 0 bridgehead atoms. The van der Waals surface area contributed by atoms with Crippen LogP contribution in [0.5, 0.6) is 5.75 Å². The van der Waals surface area contributed by atoms with Gasteiger partial charge in [0.05, 0.1) is 18.0 Å². The number of rotatable bonds is 5. The summed E-state index contributed by atoms with van der Waals surface area (Å²) in [5, 5.41) is 12.8. The quantitative estimate of drug-likeness (QED) is 0.759. The van der Waals surface area contributed by atoms with Crippen LogP contribution in [0.3, 0.4) is 0 Å². The first-order valence-corrected chi connectivity index (χ1v) is 7.32. The molecule has 1 atom stereocenters. The minimum Gasteiger partial charge on any atom is -0.487 e. The van der Waals surface area contributed by atoms with Crippen LogP contribution in [-0.4, -0.2) is 40.3 Å². The Morgan fingerprint density at radius 1 is 1.50 bits per heavy atom. The Morgan fingerprint density at radius 3 is 3.14 bits per heavy atom. The lowest BCUT2D eigenvalue weighted by Gasteiger charge is -2.15. The maximum absolute atomic E-state index is 12.1. The topological polar surface area (TPSA) is 91.9 Å². The smallest absolute Gasteiger partial charge is 0.255 e. The van der Waals surface area contributed by atoms with Gasteiger partial charge in [0.2, 0.25) is 0 Å². The molecule has 1 aliphatic rings. The zero-order chi connectivity index (χ0) is 15.4. The van der Waals surface area contributed by atoms with E-state index in [1.54, 1.807) is 12.4 Å². The van der Waals surface area contributed by atoms with Crippen LogP contribution in [0, 0.1) is 6.92 Å². The third-order valence-corrected chi connectivity index (χ3v) is 3.69. The SMILES string of the molecule is Cc1[nH]ncc1C(=O)NCc1ccncc1O[C@H]1CCNC1. The molecule has 116 valence electrons. The van der Waals surface area contributed by atoms with Gasteiger partial charge < -0.3 is 15.4 Å². The van der Waals surface area contributed by atoms with Gasteiger partial charge in [-0.3, -0.25) is 14.9 Å². The van der Waals surface area contributed by atoms with E-state index in [1.165, 1.54) is 6.20 Å². The summed E-state index contributed by atoms with van der Waals surface area (Å²) in [7, 11) is 0. The Hall–Kier alpha value is -2.41. The molecule has 3 heterocycles. The number of carbonyl (C=O) groups excluding carboxylic acids is 1. The van der Waals surface area contributed by atoms with Crippen LogP contribution in [0.4, 0.5) is 0 Å². The molecule has 2 aromatic heterocycles. The van der Waals surface area contributed by atoms with Crippen molar-refractivity contribution >= 4 is 5.91 Å². The summed E-state index contributed by atoms with van der Waals surface area (Å²) in [5.41, 5.74) is 2.22. The van der Waals surface area contributed by atoms with Crippen LogP contribution in [0.25, 0.3) is 0 Å². The Kier molecular flexibility index (Phi) is 4.34. The van der Waals surface area contributed by atoms with Gasteiger partial charge in [0, 0.05) is 30.5 Å². The molecule has 1 fully saturated rings. The fourth-order valence-corrected chi connectivity index (χ4v) is 2.42. The molecular weight excluding hydrogens is 282 g/mol. The number of pyridine rings is 1. The van der Waals surface area contributed by atoms with Crippen molar-refractivity contribution in [2.24, 2.45) is 0 Å². The molecule has 22 heavy (non-hydrogen) atoms. The fourth-order valence-electron chi connectivity index (χ4n) is 2.42. The molecule has 7 heteroatoms. The average molecular weight is 301 g/mol. The first kappa shape index (κ1) is 14.5. The number of hydrogen-bond acceptors (Lipinski definition) is 5. The fraction of sp³-hybridized carbons (Fsp3) is 0.400. The van der Waals surface area contributed by atoms with Crippen molar-refractivity contribution in [3.63, 3.8) is 0 Å². The minimum absolute atomic E-state index is 0.156. The molecule has 3 rings (SSSR count). The van der Waals surface area contributed by atoms with Crippen molar-refractivity contribution in [3.8, 4) is 5.75 Å². The summed E-state index contributed by atoms with van der Waals surface area (Å²) in [6, 6.07) is 1.86. The highest BCUT2D eigenvalue weighted by molar-refractivity contribution is 5.94. The summed E-state index contributed by atoms with van der Waals surface area (Å²) in [5.74, 6) is 0.567. The Labute approximate surface area is 128 Å². The second-order valence-corrected chi connectivity index (χ2v) is 5.31. The zero-order valence-corrected chi connectivity index (χ0v) is 12.4. The van der Waals surface area contributed by atoms with Gasteiger partial charge in [0.1, 0.15) is 11.9 Å². The monoisotopic (exact) mass is 301 g/mol. The van der Waals surface area contributed by atoms with Gasteiger partial charge in [-0.15, -0.1) is 0 Å². The van der Waals surface area contributed by atoms with E-state index in [1.807, 2.05) is 13.0 Å². The lowest BCUT2D eigenvalue weighted by atomic mass is 10.2. The molecular formula is C15H19N5O2. The Bertz CT molecular complexity index is 649. The summed E-state index contributed by atoms with van der Waals surface area (Å²) >= 11 is 0. The van der Waals surface area contributed by atoms with E-state index in [4.69, 9.17) is 4.74 Å². The summed E-state index contributed by atoms with van der Waals surface area (Å²) in [6.45, 7) is 4.02. The molecule has 1 saturated heterocycles. The molecule has 3 N–H and O–H groups in total. The molecule has 0 spiro atoms. The Morgan fingerprint density at radius 2 is 2.41 bits per heavy atom. The lowest BCUT2D eigenvalue weighted by Crippen LogP contribution is -2.25. The van der Waals surface area contributed by atoms with Gasteiger partial charge in [-0.2, -0.15) is 5.10 Å². The number of aromatic amines is 1. The third kappa shape index (κ3) is 3.25. The van der Waals surface area contributed by atoms with Crippen LogP contribution >= 0.6 is 0 Å². The van der Waals surface area contributed by atoms with Crippen molar-refractivity contribution < 1.29 is 9.53 Å². The maximum Gasteiger partial charge on any atom is 0.255 e. The van der Waals surface area contributed by atoms with Crippen molar-refractivity contribution in [3.05, 3.63) is 41.5 Å². The van der Waals surface area contributed by atoms with Gasteiger partial charge in [-0.05, 0) is 26.0 Å². The van der Waals surface area contributed by atoms with Crippen molar-refractivity contribution in [1.82, 2.24) is 25.8 Å². The molecule has 1 aliphatic heterocycles. The zero-order valence-electron chi connectivity index (χ0n) is 12.4. The van der Waals surface area contributed by atoms with Crippen molar-refractivity contribution in [2.75, 3.05) is 13.1 Å². The number of nitrogens with one attached hydrogen (secondary N) is 3. The van der Waals surface area contributed by atoms with Crippen molar-refractivity contribution in [2.45, 2.75) is 26.0 Å². The number of amides is 1. The van der Waals surface area contributed by atoms with Gasteiger partial charge >= 0.3 is 0 Å². The van der Waals surface area contributed by atoms with Gasteiger partial charge in [-0.1, -0.05) is 0 Å². The van der Waals surface area contributed by atoms with Gasteiger partial charge in [-0.25, -0.2) is 0 Å². The number of H-pyrrole nitrogens is 1. The van der Waals surface area contributed by atoms with Crippen LogP contribution in [0.2, 0.25) is 0 Å². The summed E-state index contributed by atoms with van der Waals surface area (Å²) < 4.78 is 5.96. The lowest BCUT2D eigenvalue weighted by molar-refractivity contribution is 0.0950. The number of nitrogens with zero attached hydrogens (tertiary/aromatic N) is 2. The summed E-state index contributed by atoms with van der Waals surface area (Å²) in [6.07, 6.45) is 6.07. The number of carbonyl (C=O) groups is 1. The van der Waals surface area contributed by atoms with Gasteiger partial charge in [0.15, 0.2) is 0 Å². The second kappa shape index (κ2) is 6.57. The van der Waals surface area contributed by atoms with E-state index in [9.17, 15) is 4.79 Å². The molecule has 1 amide bonds. The largest absolute Gasteiger partial charge is 0.487 e. The normalized spacial score (nSPS) is 17.4. The first-order chi connectivity index (χ1) is 10.7. The minimum atomic E-state index is -0.156. The molecule has 0 aliphatic carbocycles. The number of ether oxygens (including phenoxy) is 1. The number of aryl methyl sites for hydroxylation is 1. The van der Waals surface area contributed by atoms with E-state index >= 15 is 0 Å². The van der Waals surface area contributed by atoms with E-state index in [2.05, 4.69) is 25.8 Å². The Balaban J connectivity index is 1.64. The van der Waals surface area contributed by atoms with Crippen molar-refractivity contribution in [1.29, 1.82) is 0 Å². The molecule has 0 radical (unpaired) electrons. The predicted octanol–water partition coefficient (Wildman–Crippen LogP) is 0.784. The maximum atomic E-state index is 12.1. The molecule has 0 unspecified atom stereocenters. The van der Waals surface area contributed by atoms with Gasteiger partial charge in [0.25, 0.3) is 5.91 Å². The van der Waals surface area contributed by atoms with Crippen LogP contribution in [0.1, 0.15) is 28.0 Å². The predicted molar refractivity (Wildman–Crippen MR) is 80.6 cm³/mol. The van der Waals surface area contributed by atoms with Crippen LogP contribution in [0.15, 0.2) is 24.7 Å². The third-order valence-electron chi connectivity index (χ3n) is 3.69. The highest BCUT2D eigenvalue weighted by Crippen LogP contribution is 2.19. The second-order valence-electron chi connectivity index (χ2n) is 5.31. The average Bonchev–Trinajstić information content (AvgIpc) is 3.17. The summed E-state index contributed by atoms with van der Waals surface area (Å²) in [4.78, 5) is 16.2. The number of hydrogen-bond donors (Lipinski definition) is 3. The van der Waals surface area contributed by atoms with E-state index in [0.29, 0.717) is 12.1 Å². The standard InChI is InChI=1S/C15H19N5O2/c1-10-13(8-19-20-10)15(21)18-6-11-2-4-17-9-14(11)22-12-3-5-16-7-12/h2,4,8-9,12,16H,3,5-7H2,1H3,(H,18,21)(H,19,20)/t12-/m0/s1. The molecule has 7 nitrogen and oxygen atoms in total. The molecule has 0 saturated carbocycles. The number of aromatic nitrogens is 3. The van der Waals surface area contributed by atoms with Crippen LogP contribution < -0.4 is 15.4 Å². The molecule has 2 aromatic rings. The molecule has 0 aromatic carbocycles. The highest BCUT2D eigenvalue weighted by atomic mass is 16.5.